The van der Waals surface area contributed by atoms with Gasteiger partial charge in [0.2, 0.25) is 0 Å². The Labute approximate surface area is 93.7 Å². The van der Waals surface area contributed by atoms with Crippen molar-refractivity contribution in [2.75, 3.05) is 5.32 Å². The van der Waals surface area contributed by atoms with Crippen LogP contribution in [0, 0.1) is 19.7 Å². The summed E-state index contributed by atoms with van der Waals surface area (Å²) in [4.78, 5) is 0. The second-order valence-electron chi connectivity index (χ2n) is 3.84. The number of aromatic nitrogens is 2. The van der Waals surface area contributed by atoms with E-state index in [1.54, 1.807) is 25.3 Å². The molecule has 0 radical (unpaired) electrons. The second-order valence-corrected chi connectivity index (χ2v) is 3.84. The highest BCUT2D eigenvalue weighted by molar-refractivity contribution is 5.46. The largest absolute Gasteiger partial charge is 0.381 e. The molecule has 0 amide bonds. The average Bonchev–Trinajstić information content (AvgIpc) is 2.66. The number of H-pyrrole nitrogens is 1. The first-order valence-electron chi connectivity index (χ1n) is 5.15. The van der Waals surface area contributed by atoms with Gasteiger partial charge in [0.1, 0.15) is 5.82 Å². The maximum absolute atomic E-state index is 13.0. The summed E-state index contributed by atoms with van der Waals surface area (Å²) in [5, 5.41) is 10.0. The second kappa shape index (κ2) is 4.35. The summed E-state index contributed by atoms with van der Waals surface area (Å²) >= 11 is 0. The Morgan fingerprint density at radius 2 is 2.19 bits per heavy atom. The van der Waals surface area contributed by atoms with Crippen molar-refractivity contribution in [2.45, 2.75) is 20.4 Å². The predicted molar refractivity (Wildman–Crippen MR) is 61.8 cm³/mol. The summed E-state index contributed by atoms with van der Waals surface area (Å²) in [7, 11) is 0. The summed E-state index contributed by atoms with van der Waals surface area (Å²) in [6, 6.07) is 5.00. The molecule has 2 rings (SSSR count). The smallest absolute Gasteiger partial charge is 0.126 e. The van der Waals surface area contributed by atoms with Gasteiger partial charge in [0.15, 0.2) is 0 Å². The molecule has 0 spiro atoms. The van der Waals surface area contributed by atoms with Gasteiger partial charge in [-0.05, 0) is 37.6 Å². The van der Waals surface area contributed by atoms with Crippen LogP contribution in [0.2, 0.25) is 0 Å². The van der Waals surface area contributed by atoms with Crippen molar-refractivity contribution in [3.63, 3.8) is 0 Å². The van der Waals surface area contributed by atoms with Crippen LogP contribution in [0.3, 0.4) is 0 Å². The van der Waals surface area contributed by atoms with Gasteiger partial charge < -0.3 is 5.32 Å². The quantitative estimate of drug-likeness (QED) is 0.833. The van der Waals surface area contributed by atoms with E-state index in [9.17, 15) is 4.39 Å². The third kappa shape index (κ3) is 2.21. The van der Waals surface area contributed by atoms with Crippen molar-refractivity contribution in [3.8, 4) is 0 Å². The number of benzene rings is 1. The van der Waals surface area contributed by atoms with Crippen LogP contribution in [0.15, 0.2) is 24.4 Å². The number of halogens is 1. The van der Waals surface area contributed by atoms with Gasteiger partial charge in [-0.1, -0.05) is 0 Å². The maximum atomic E-state index is 13.0. The topological polar surface area (TPSA) is 40.7 Å². The Kier molecular flexibility index (Phi) is 2.90. The number of nitrogens with zero attached hydrogens (tertiary/aromatic N) is 1. The molecule has 1 aromatic heterocycles. The van der Waals surface area contributed by atoms with E-state index in [4.69, 9.17) is 0 Å². The lowest BCUT2D eigenvalue weighted by Crippen LogP contribution is -2.00. The highest BCUT2D eigenvalue weighted by Gasteiger charge is 2.01. The molecule has 16 heavy (non-hydrogen) atoms. The van der Waals surface area contributed by atoms with E-state index >= 15 is 0 Å². The van der Waals surface area contributed by atoms with Gasteiger partial charge in [-0.2, -0.15) is 5.10 Å². The first kappa shape index (κ1) is 10.7. The molecule has 2 aromatic rings. The van der Waals surface area contributed by atoms with Gasteiger partial charge in [-0.25, -0.2) is 4.39 Å². The molecular formula is C12H14FN3. The molecule has 1 heterocycles. The van der Waals surface area contributed by atoms with E-state index in [2.05, 4.69) is 15.5 Å². The Morgan fingerprint density at radius 3 is 2.81 bits per heavy atom. The van der Waals surface area contributed by atoms with Crippen LogP contribution in [0.1, 0.15) is 16.8 Å². The molecule has 2 N–H and O–H groups in total. The lowest BCUT2D eigenvalue weighted by molar-refractivity contribution is 0.618. The number of aryl methyl sites for hydroxylation is 2. The van der Waals surface area contributed by atoms with Crippen LogP contribution in [0.5, 0.6) is 0 Å². The first-order valence-corrected chi connectivity index (χ1v) is 5.15. The van der Waals surface area contributed by atoms with Gasteiger partial charge in [0.05, 0.1) is 6.20 Å². The minimum absolute atomic E-state index is 0.176. The molecule has 3 nitrogen and oxygen atoms in total. The van der Waals surface area contributed by atoms with E-state index in [0.29, 0.717) is 12.1 Å². The van der Waals surface area contributed by atoms with Crippen LogP contribution in [-0.4, -0.2) is 10.2 Å². The molecule has 0 unspecified atom stereocenters. The van der Waals surface area contributed by atoms with E-state index in [1.807, 2.05) is 6.92 Å². The third-order valence-corrected chi connectivity index (χ3v) is 2.58. The number of rotatable bonds is 3. The normalized spacial score (nSPS) is 10.4. The fourth-order valence-electron chi connectivity index (χ4n) is 1.51. The van der Waals surface area contributed by atoms with Crippen molar-refractivity contribution in [1.82, 2.24) is 10.2 Å². The molecular weight excluding hydrogens is 205 g/mol. The minimum Gasteiger partial charge on any atom is -0.381 e. The Bertz CT molecular complexity index is 491. The molecule has 84 valence electrons. The lowest BCUT2D eigenvalue weighted by atomic mass is 10.2. The number of aromatic amines is 1. The number of hydrogen-bond acceptors (Lipinski definition) is 2. The fraction of sp³-hybridized carbons (Fsp3) is 0.250. The molecule has 0 aliphatic rings. The molecule has 0 bridgehead atoms. The number of hydrogen-bond donors (Lipinski definition) is 2. The highest BCUT2D eigenvalue weighted by Crippen LogP contribution is 2.15. The number of nitrogens with one attached hydrogen (secondary N) is 2. The van der Waals surface area contributed by atoms with Crippen molar-refractivity contribution < 1.29 is 4.39 Å². The molecule has 0 aliphatic carbocycles. The van der Waals surface area contributed by atoms with E-state index in [1.165, 1.54) is 6.07 Å². The standard InChI is InChI=1S/C12H14FN3/c1-8-5-11(3-4-12(8)13)14-6-10-7-15-16-9(10)2/h3-5,7,14H,6H2,1-2H3,(H,15,16). The molecule has 0 fully saturated rings. The van der Waals surface area contributed by atoms with Gasteiger partial charge in [-0.15, -0.1) is 0 Å². The van der Waals surface area contributed by atoms with Gasteiger partial charge >= 0.3 is 0 Å². The summed E-state index contributed by atoms with van der Waals surface area (Å²) in [6.45, 7) is 4.41. The van der Waals surface area contributed by atoms with Gasteiger partial charge in [0.25, 0.3) is 0 Å². The van der Waals surface area contributed by atoms with Crippen LogP contribution >= 0.6 is 0 Å². The molecule has 4 heteroatoms. The Hall–Kier alpha value is -1.84. The summed E-state index contributed by atoms with van der Waals surface area (Å²) in [5.41, 5.74) is 3.72. The fourth-order valence-corrected chi connectivity index (χ4v) is 1.51. The summed E-state index contributed by atoms with van der Waals surface area (Å²) < 4.78 is 13.0. The minimum atomic E-state index is -0.176. The van der Waals surface area contributed by atoms with Gasteiger partial charge in [0, 0.05) is 23.5 Å². The van der Waals surface area contributed by atoms with E-state index in [-0.39, 0.29) is 5.82 Å². The molecule has 0 saturated carbocycles. The molecule has 0 aliphatic heterocycles. The van der Waals surface area contributed by atoms with Crippen LogP contribution in [0.25, 0.3) is 0 Å². The Balaban J connectivity index is 2.05. The predicted octanol–water partition coefficient (Wildman–Crippen LogP) is 2.78. The summed E-state index contributed by atoms with van der Waals surface area (Å²) in [5.74, 6) is -0.176. The van der Waals surface area contributed by atoms with Crippen LogP contribution < -0.4 is 5.32 Å². The van der Waals surface area contributed by atoms with Crippen LogP contribution in [-0.2, 0) is 6.54 Å². The Morgan fingerprint density at radius 1 is 1.38 bits per heavy atom. The van der Waals surface area contributed by atoms with Gasteiger partial charge in [-0.3, -0.25) is 5.10 Å². The SMILES string of the molecule is Cc1cc(NCc2cn[nH]c2C)ccc1F. The molecule has 1 aromatic carbocycles. The maximum Gasteiger partial charge on any atom is 0.126 e. The highest BCUT2D eigenvalue weighted by atomic mass is 19.1. The zero-order valence-electron chi connectivity index (χ0n) is 9.34. The number of anilines is 1. The third-order valence-electron chi connectivity index (χ3n) is 2.58. The van der Waals surface area contributed by atoms with Crippen molar-refractivity contribution >= 4 is 5.69 Å². The van der Waals surface area contributed by atoms with Crippen molar-refractivity contribution in [2.24, 2.45) is 0 Å². The average molecular weight is 219 g/mol. The first-order chi connectivity index (χ1) is 7.66. The lowest BCUT2D eigenvalue weighted by Gasteiger charge is -2.06. The zero-order chi connectivity index (χ0) is 11.5. The van der Waals surface area contributed by atoms with E-state index in [0.717, 1.165) is 16.9 Å². The summed E-state index contributed by atoms with van der Waals surface area (Å²) in [6.07, 6.45) is 1.79. The zero-order valence-corrected chi connectivity index (χ0v) is 9.34. The van der Waals surface area contributed by atoms with E-state index < -0.39 is 0 Å². The van der Waals surface area contributed by atoms with Crippen molar-refractivity contribution in [3.05, 3.63) is 47.0 Å². The molecule has 0 saturated heterocycles. The van der Waals surface area contributed by atoms with Crippen LogP contribution in [0.4, 0.5) is 10.1 Å². The van der Waals surface area contributed by atoms with Crippen molar-refractivity contribution in [1.29, 1.82) is 0 Å². The monoisotopic (exact) mass is 219 g/mol. The molecule has 0 atom stereocenters.